The highest BCUT2D eigenvalue weighted by Gasteiger charge is 2.43. The van der Waals surface area contributed by atoms with E-state index in [0.717, 1.165) is 19.1 Å². The van der Waals surface area contributed by atoms with Crippen molar-refractivity contribution in [1.29, 1.82) is 0 Å². The molecular weight excluding hydrogens is 138 g/mol. The van der Waals surface area contributed by atoms with E-state index in [4.69, 9.17) is 4.74 Å². The highest BCUT2D eigenvalue weighted by Crippen LogP contribution is 2.40. The lowest BCUT2D eigenvalue weighted by Gasteiger charge is -2.37. The summed E-state index contributed by atoms with van der Waals surface area (Å²) in [6.07, 6.45) is 2.58. The minimum absolute atomic E-state index is 0.595. The molecule has 2 heterocycles. The summed E-state index contributed by atoms with van der Waals surface area (Å²) >= 11 is 0. The number of hydrogen-bond donors (Lipinski definition) is 1. The Labute approximate surface area is 68.3 Å². The fourth-order valence-corrected chi connectivity index (χ4v) is 2.48. The first-order valence-electron chi connectivity index (χ1n) is 4.66. The molecule has 0 aliphatic carbocycles. The van der Waals surface area contributed by atoms with Crippen LogP contribution in [0.15, 0.2) is 0 Å². The van der Waals surface area contributed by atoms with Crippen LogP contribution in [0.25, 0.3) is 0 Å². The van der Waals surface area contributed by atoms with Gasteiger partial charge in [0, 0.05) is 25.6 Å². The van der Waals surface area contributed by atoms with E-state index >= 15 is 0 Å². The average molecular weight is 155 g/mol. The molecule has 0 aromatic carbocycles. The van der Waals surface area contributed by atoms with E-state index in [0.29, 0.717) is 5.41 Å². The van der Waals surface area contributed by atoms with E-state index in [-0.39, 0.29) is 0 Å². The Morgan fingerprint density at radius 2 is 2.55 bits per heavy atom. The molecule has 64 valence electrons. The van der Waals surface area contributed by atoms with E-state index in [2.05, 4.69) is 12.2 Å². The van der Waals surface area contributed by atoms with Gasteiger partial charge in [-0.15, -0.1) is 0 Å². The third kappa shape index (κ3) is 1.09. The topological polar surface area (TPSA) is 21.3 Å². The maximum atomic E-state index is 5.47. The molecule has 2 aliphatic heterocycles. The second-order valence-corrected chi connectivity index (χ2v) is 3.87. The van der Waals surface area contributed by atoms with Crippen molar-refractivity contribution in [1.82, 2.24) is 5.32 Å². The first-order valence-corrected chi connectivity index (χ1v) is 4.66. The maximum Gasteiger partial charge on any atom is 0.0512 e. The van der Waals surface area contributed by atoms with Crippen LogP contribution in [0.2, 0.25) is 0 Å². The zero-order valence-corrected chi connectivity index (χ0v) is 7.23. The standard InChI is InChI=1S/C9H17NO/c1-2-9-3-4-11-6-8(9)5-10-7-9/h8,10H,2-7H2,1H3. The highest BCUT2D eigenvalue weighted by molar-refractivity contribution is 4.95. The molecule has 2 aliphatic rings. The molecule has 2 atom stereocenters. The van der Waals surface area contributed by atoms with Crippen LogP contribution in [0.3, 0.4) is 0 Å². The Kier molecular flexibility index (Phi) is 1.90. The van der Waals surface area contributed by atoms with Gasteiger partial charge in [-0.05, 0) is 18.3 Å². The second kappa shape index (κ2) is 2.76. The molecule has 0 bridgehead atoms. The van der Waals surface area contributed by atoms with Crippen LogP contribution < -0.4 is 5.32 Å². The number of fused-ring (bicyclic) bond motifs is 1. The largest absolute Gasteiger partial charge is 0.381 e. The third-order valence-corrected chi connectivity index (χ3v) is 3.50. The summed E-state index contributed by atoms with van der Waals surface area (Å²) in [4.78, 5) is 0. The molecule has 0 amide bonds. The van der Waals surface area contributed by atoms with Crippen molar-refractivity contribution in [2.75, 3.05) is 26.3 Å². The minimum Gasteiger partial charge on any atom is -0.381 e. The van der Waals surface area contributed by atoms with E-state index < -0.39 is 0 Å². The fourth-order valence-electron chi connectivity index (χ4n) is 2.48. The van der Waals surface area contributed by atoms with Crippen LogP contribution in [0.4, 0.5) is 0 Å². The van der Waals surface area contributed by atoms with Crippen LogP contribution in [0.5, 0.6) is 0 Å². The molecule has 0 spiro atoms. The zero-order chi connectivity index (χ0) is 7.73. The van der Waals surface area contributed by atoms with Crippen LogP contribution in [-0.4, -0.2) is 26.3 Å². The second-order valence-electron chi connectivity index (χ2n) is 3.87. The molecular formula is C9H17NO. The summed E-state index contributed by atoms with van der Waals surface area (Å²) in [6, 6.07) is 0. The Morgan fingerprint density at radius 1 is 1.64 bits per heavy atom. The average Bonchev–Trinajstić information content (AvgIpc) is 2.48. The van der Waals surface area contributed by atoms with Gasteiger partial charge >= 0.3 is 0 Å². The summed E-state index contributed by atoms with van der Waals surface area (Å²) in [5, 5.41) is 3.48. The quantitative estimate of drug-likeness (QED) is 0.610. The molecule has 11 heavy (non-hydrogen) atoms. The van der Waals surface area contributed by atoms with E-state index in [1.807, 2.05) is 0 Å². The monoisotopic (exact) mass is 155 g/mol. The highest BCUT2D eigenvalue weighted by atomic mass is 16.5. The molecule has 2 heteroatoms. The van der Waals surface area contributed by atoms with Crippen molar-refractivity contribution in [3.05, 3.63) is 0 Å². The number of hydrogen-bond acceptors (Lipinski definition) is 2. The fraction of sp³-hybridized carbons (Fsp3) is 1.00. The van der Waals surface area contributed by atoms with Gasteiger partial charge in [-0.1, -0.05) is 6.92 Å². The summed E-state index contributed by atoms with van der Waals surface area (Å²) in [6.45, 7) is 6.67. The van der Waals surface area contributed by atoms with Crippen LogP contribution in [-0.2, 0) is 4.74 Å². The molecule has 0 radical (unpaired) electrons. The molecule has 2 saturated heterocycles. The Balaban J connectivity index is 2.12. The summed E-state index contributed by atoms with van der Waals surface area (Å²) in [5.74, 6) is 0.793. The van der Waals surface area contributed by atoms with Crippen LogP contribution in [0.1, 0.15) is 19.8 Å². The lowest BCUT2D eigenvalue weighted by Crippen LogP contribution is -2.37. The molecule has 0 aromatic heterocycles. The molecule has 2 fully saturated rings. The van der Waals surface area contributed by atoms with Crippen LogP contribution >= 0.6 is 0 Å². The van der Waals surface area contributed by atoms with Crippen molar-refractivity contribution in [3.63, 3.8) is 0 Å². The number of rotatable bonds is 1. The van der Waals surface area contributed by atoms with Crippen molar-refractivity contribution in [2.24, 2.45) is 11.3 Å². The number of ether oxygens (including phenoxy) is 1. The van der Waals surface area contributed by atoms with Gasteiger partial charge < -0.3 is 10.1 Å². The summed E-state index contributed by atoms with van der Waals surface area (Å²) in [5.41, 5.74) is 0.595. The first kappa shape index (κ1) is 7.56. The van der Waals surface area contributed by atoms with Crippen molar-refractivity contribution >= 4 is 0 Å². The van der Waals surface area contributed by atoms with Gasteiger partial charge in [-0.3, -0.25) is 0 Å². The molecule has 0 saturated carbocycles. The predicted molar refractivity (Wildman–Crippen MR) is 44.5 cm³/mol. The van der Waals surface area contributed by atoms with Gasteiger partial charge in [-0.2, -0.15) is 0 Å². The SMILES string of the molecule is CCC12CCOCC1CNC2. The Bertz CT molecular complexity index is 148. The molecule has 0 aromatic rings. The van der Waals surface area contributed by atoms with Gasteiger partial charge in [0.1, 0.15) is 0 Å². The van der Waals surface area contributed by atoms with Gasteiger partial charge in [0.25, 0.3) is 0 Å². The zero-order valence-electron chi connectivity index (χ0n) is 7.23. The maximum absolute atomic E-state index is 5.47. The summed E-state index contributed by atoms with van der Waals surface area (Å²) in [7, 11) is 0. The Hall–Kier alpha value is -0.0800. The normalized spacial score (nSPS) is 43.9. The van der Waals surface area contributed by atoms with Gasteiger partial charge in [0.2, 0.25) is 0 Å². The first-order chi connectivity index (χ1) is 5.37. The molecule has 1 N–H and O–H groups in total. The third-order valence-electron chi connectivity index (χ3n) is 3.50. The number of nitrogens with one attached hydrogen (secondary N) is 1. The van der Waals surface area contributed by atoms with Crippen molar-refractivity contribution in [2.45, 2.75) is 19.8 Å². The van der Waals surface area contributed by atoms with Gasteiger partial charge in [0.05, 0.1) is 6.61 Å². The lowest BCUT2D eigenvalue weighted by molar-refractivity contribution is -0.0165. The van der Waals surface area contributed by atoms with Crippen molar-refractivity contribution in [3.8, 4) is 0 Å². The molecule has 2 rings (SSSR count). The van der Waals surface area contributed by atoms with E-state index in [9.17, 15) is 0 Å². The molecule has 2 nitrogen and oxygen atoms in total. The predicted octanol–water partition coefficient (Wildman–Crippen LogP) is 1.02. The smallest absolute Gasteiger partial charge is 0.0512 e. The van der Waals surface area contributed by atoms with E-state index in [1.54, 1.807) is 0 Å². The molecule has 2 unspecified atom stereocenters. The summed E-state index contributed by atoms with van der Waals surface area (Å²) < 4.78 is 5.47. The van der Waals surface area contributed by atoms with Crippen molar-refractivity contribution < 1.29 is 4.74 Å². The Morgan fingerprint density at radius 3 is 3.27 bits per heavy atom. The van der Waals surface area contributed by atoms with Gasteiger partial charge in [0.15, 0.2) is 0 Å². The minimum atomic E-state index is 0.595. The van der Waals surface area contributed by atoms with Crippen LogP contribution in [0, 0.1) is 11.3 Å². The van der Waals surface area contributed by atoms with E-state index in [1.165, 1.54) is 25.9 Å². The lowest BCUT2D eigenvalue weighted by atomic mass is 9.72. The van der Waals surface area contributed by atoms with Gasteiger partial charge in [-0.25, -0.2) is 0 Å².